The van der Waals surface area contributed by atoms with E-state index in [1.165, 1.54) is 27.0 Å². The molecule has 0 fully saturated rings. The van der Waals surface area contributed by atoms with Crippen LogP contribution in [-0.4, -0.2) is 27.1 Å². The average Bonchev–Trinajstić information content (AvgIpc) is 3.42. The molecule has 0 radical (unpaired) electrons. The minimum atomic E-state index is -0.332. The number of carbonyl (C=O) groups excluding carboxylic acids is 1. The molecule has 1 amide bonds. The van der Waals surface area contributed by atoms with Crippen LogP contribution >= 0.6 is 57.5 Å². The van der Waals surface area contributed by atoms with E-state index in [0.29, 0.717) is 13.1 Å². The van der Waals surface area contributed by atoms with Crippen molar-refractivity contribution in [3.63, 3.8) is 0 Å². The van der Waals surface area contributed by atoms with Crippen LogP contribution in [0.15, 0.2) is 49.2 Å². The molecule has 10 heteroatoms. The van der Waals surface area contributed by atoms with Gasteiger partial charge in [0.05, 0.1) is 16.9 Å². The number of hydrogen-bond acceptors (Lipinski definition) is 3. The summed E-state index contributed by atoms with van der Waals surface area (Å²) >= 11 is 1.79. The van der Waals surface area contributed by atoms with Gasteiger partial charge in [0.1, 0.15) is 0 Å². The summed E-state index contributed by atoms with van der Waals surface area (Å²) < 4.78 is 1.66. The van der Waals surface area contributed by atoms with E-state index in [0.717, 1.165) is 23.4 Å². The molecule has 0 saturated heterocycles. The Kier molecular flexibility index (Phi) is 7.88. The molecule has 1 aromatic carbocycles. The lowest BCUT2D eigenvalue weighted by Crippen LogP contribution is -2.37. The first-order valence-corrected chi connectivity index (χ1v) is 14.8. The van der Waals surface area contributed by atoms with E-state index in [1.54, 1.807) is 11.3 Å². The van der Waals surface area contributed by atoms with E-state index in [4.69, 9.17) is 5.10 Å². The zero-order valence-corrected chi connectivity index (χ0v) is 26.1. The van der Waals surface area contributed by atoms with Gasteiger partial charge >= 0.3 is 0 Å². The molecule has 4 rings (SSSR count). The van der Waals surface area contributed by atoms with Crippen molar-refractivity contribution in [2.24, 2.45) is 0 Å². The number of rotatable bonds is 6. The molecule has 0 spiro atoms. The molecular weight excluding hydrogens is 533 g/mol. The van der Waals surface area contributed by atoms with E-state index >= 15 is 0 Å². The largest absolute Gasteiger partial charge is 0.333 e. The number of aryl methyl sites for hydroxylation is 1. The summed E-state index contributed by atoms with van der Waals surface area (Å²) in [6.45, 7) is 10.1. The Morgan fingerprint density at radius 1 is 1.21 bits per heavy atom. The van der Waals surface area contributed by atoms with Crippen LogP contribution in [0.3, 0.4) is 0 Å². The highest BCUT2D eigenvalue weighted by atomic mass is 32.1. The molecule has 0 saturated carbocycles. The molecule has 0 aliphatic carbocycles. The van der Waals surface area contributed by atoms with Gasteiger partial charge in [-0.25, -0.2) is 0 Å². The smallest absolute Gasteiger partial charge is 0.246 e. The zero-order valence-electron chi connectivity index (χ0n) is 19.5. The van der Waals surface area contributed by atoms with Crippen molar-refractivity contribution in [2.45, 2.75) is 42.4 Å². The zero-order chi connectivity index (χ0) is 24.8. The number of carbonyl (C=O) groups is 1. The number of thiophene rings is 1. The molecule has 0 bridgehead atoms. The van der Waals surface area contributed by atoms with Crippen LogP contribution in [-0.2, 0) is 27.4 Å². The minimum absolute atomic E-state index is 0.0269. The van der Waals surface area contributed by atoms with Crippen molar-refractivity contribution in [3.8, 4) is 11.1 Å². The summed E-state index contributed by atoms with van der Waals surface area (Å²) in [5.41, 5.74) is 5.79. The highest BCUT2D eigenvalue weighted by Gasteiger charge is 2.34. The second-order valence-corrected chi connectivity index (χ2v) is 18.1. The van der Waals surface area contributed by atoms with Crippen molar-refractivity contribution in [3.05, 3.63) is 75.8 Å². The fourth-order valence-corrected chi connectivity index (χ4v) is 6.76. The Bertz CT molecular complexity index is 1240. The van der Waals surface area contributed by atoms with Crippen LogP contribution in [0.4, 0.5) is 0 Å². The molecule has 1 aliphatic heterocycles. The SMILES string of the molecule is C=CC(=O)N1Cc2sc(C(C)(P)P)cc2[C@H](c2ccccc2-c2cn(CC)nc2C(P)(P)P)C1. The Morgan fingerprint density at radius 2 is 1.91 bits per heavy atom. The number of fused-ring (bicyclic) bond motifs is 1. The lowest BCUT2D eigenvalue weighted by Gasteiger charge is -2.33. The lowest BCUT2D eigenvalue weighted by molar-refractivity contribution is -0.127. The van der Waals surface area contributed by atoms with Gasteiger partial charge in [-0.15, -0.1) is 57.5 Å². The van der Waals surface area contributed by atoms with E-state index < -0.39 is 0 Å². The van der Waals surface area contributed by atoms with Gasteiger partial charge < -0.3 is 4.90 Å². The maximum absolute atomic E-state index is 12.7. The average molecular weight is 565 g/mol. The summed E-state index contributed by atoms with van der Waals surface area (Å²) in [6, 6.07) is 10.9. The first-order valence-electron chi connectivity index (χ1n) is 11.1. The van der Waals surface area contributed by atoms with Crippen LogP contribution in [0.5, 0.6) is 0 Å². The van der Waals surface area contributed by atoms with Crippen LogP contribution in [0, 0.1) is 0 Å². The molecule has 1 aliphatic rings. The lowest BCUT2D eigenvalue weighted by atomic mass is 9.83. The Morgan fingerprint density at radius 3 is 2.53 bits per heavy atom. The maximum Gasteiger partial charge on any atom is 0.246 e. The third-order valence-electron chi connectivity index (χ3n) is 6.09. The first kappa shape index (κ1) is 26.6. The van der Waals surface area contributed by atoms with Gasteiger partial charge in [-0.3, -0.25) is 9.48 Å². The highest BCUT2D eigenvalue weighted by Crippen LogP contribution is 2.51. The van der Waals surface area contributed by atoms with Crippen molar-refractivity contribution < 1.29 is 4.79 Å². The van der Waals surface area contributed by atoms with E-state index in [9.17, 15) is 4.79 Å². The minimum Gasteiger partial charge on any atom is -0.333 e. The van der Waals surface area contributed by atoms with Crippen molar-refractivity contribution in [1.82, 2.24) is 14.7 Å². The topological polar surface area (TPSA) is 38.1 Å². The standard InChI is InChI=1S/C24H32N3OP5S/c1-4-21(28)26-11-17(16-10-20(23(3,29)30)34-19(16)13-26)14-8-6-7-9-15(14)18-12-27(5-2)25-22(18)24(31,32)33/h4,6-10,12,17H,1,5,11,13,29-33H2,2-3H3/t17-/m0/s1. The van der Waals surface area contributed by atoms with Crippen LogP contribution in [0.2, 0.25) is 0 Å². The summed E-state index contributed by atoms with van der Waals surface area (Å²) in [7, 11) is 14.4. The number of amides is 1. The fourth-order valence-electron chi connectivity index (χ4n) is 4.39. The molecule has 5 unspecified atom stereocenters. The second kappa shape index (κ2) is 10.1. The normalized spacial score (nSPS) is 16.4. The molecule has 3 heterocycles. The Hall–Kier alpha value is -0.510. The third-order valence-corrected chi connectivity index (χ3v) is 9.34. The van der Waals surface area contributed by atoms with E-state index in [-0.39, 0.29) is 21.4 Å². The van der Waals surface area contributed by atoms with Crippen LogP contribution < -0.4 is 0 Å². The molecule has 4 nitrogen and oxygen atoms in total. The van der Waals surface area contributed by atoms with Gasteiger partial charge in [0.2, 0.25) is 5.91 Å². The summed E-state index contributed by atoms with van der Waals surface area (Å²) in [5.74, 6) is 0.0397. The maximum atomic E-state index is 12.7. The number of benzene rings is 1. The van der Waals surface area contributed by atoms with Gasteiger partial charge in [-0.05, 0) is 42.7 Å². The predicted molar refractivity (Wildman–Crippen MR) is 163 cm³/mol. The predicted octanol–water partition coefficient (Wildman–Crippen LogP) is 5.95. The van der Waals surface area contributed by atoms with Crippen molar-refractivity contribution in [2.75, 3.05) is 6.54 Å². The number of nitrogens with zero attached hydrogens (tertiary/aromatic N) is 3. The van der Waals surface area contributed by atoms with Crippen LogP contribution in [0.25, 0.3) is 11.1 Å². The van der Waals surface area contributed by atoms with Gasteiger partial charge in [-0.1, -0.05) is 30.8 Å². The summed E-state index contributed by atoms with van der Waals surface area (Å²) in [4.78, 5) is 17.1. The first-order chi connectivity index (χ1) is 15.9. The quantitative estimate of drug-likeness (QED) is 0.274. The molecule has 180 valence electrons. The summed E-state index contributed by atoms with van der Waals surface area (Å²) in [6.07, 6.45) is 3.56. The number of aromatic nitrogens is 2. The van der Waals surface area contributed by atoms with Crippen molar-refractivity contribution >= 4 is 63.4 Å². The number of hydrogen-bond donors (Lipinski definition) is 0. The van der Waals surface area contributed by atoms with Crippen LogP contribution in [0.1, 0.15) is 46.3 Å². The van der Waals surface area contributed by atoms with Crippen molar-refractivity contribution in [1.29, 1.82) is 0 Å². The highest BCUT2D eigenvalue weighted by molar-refractivity contribution is 7.56. The molecule has 6 atom stereocenters. The van der Waals surface area contributed by atoms with E-state index in [2.05, 4.69) is 103 Å². The van der Waals surface area contributed by atoms with Gasteiger partial charge in [0.25, 0.3) is 0 Å². The molecular formula is C24H32N3OP5S. The second-order valence-electron chi connectivity index (χ2n) is 9.01. The third kappa shape index (κ3) is 5.28. The van der Waals surface area contributed by atoms with Gasteiger partial charge in [-0.2, -0.15) is 5.10 Å². The molecule has 0 N–H and O–H groups in total. The van der Waals surface area contributed by atoms with E-state index in [1.807, 2.05) is 9.58 Å². The van der Waals surface area contributed by atoms with Gasteiger partial charge in [0, 0.05) is 45.4 Å². The Balaban J connectivity index is 1.91. The molecule has 3 aromatic rings. The molecule has 34 heavy (non-hydrogen) atoms. The fraction of sp³-hybridized carbons (Fsp3) is 0.333. The summed E-state index contributed by atoms with van der Waals surface area (Å²) in [5, 5.41) is 4.87. The van der Waals surface area contributed by atoms with Gasteiger partial charge in [0.15, 0.2) is 0 Å². The molecule has 2 aromatic heterocycles. The Labute approximate surface area is 218 Å². The monoisotopic (exact) mass is 565 g/mol.